The van der Waals surface area contributed by atoms with E-state index in [4.69, 9.17) is 16.3 Å². The molecule has 0 atom stereocenters. The van der Waals surface area contributed by atoms with Crippen LogP contribution < -0.4 is 4.90 Å². The normalized spacial score (nSPS) is 17.8. The molecule has 0 aliphatic carbocycles. The Morgan fingerprint density at radius 3 is 2.39 bits per heavy atom. The molecule has 164 valence electrons. The number of carbonyl (C=O) groups excluding carboxylic acids is 2. The van der Waals surface area contributed by atoms with Crippen molar-refractivity contribution in [1.29, 1.82) is 0 Å². The first kappa shape index (κ1) is 21.7. The first-order valence-corrected chi connectivity index (χ1v) is 11.1. The van der Waals surface area contributed by atoms with Crippen LogP contribution in [0.25, 0.3) is 0 Å². The summed E-state index contributed by atoms with van der Waals surface area (Å²) in [5.41, 5.74) is 2.75. The van der Waals surface area contributed by atoms with Crippen LogP contribution in [-0.2, 0) is 21.5 Å². The second kappa shape index (κ2) is 7.86. The van der Waals surface area contributed by atoms with Gasteiger partial charge < -0.3 is 14.5 Å². The molecule has 0 unspecified atom stereocenters. The standard InChI is InChI=1S/C25H29ClN2O3/c1-17-14-21-19(15-20(17)26)25(22(29)28(21)16-18-8-6-5-7-9-18)10-12-27(13-11-25)23(30)31-24(2,3)4/h5-9,14-15H,10-13,16H2,1-4H3. The maximum Gasteiger partial charge on any atom is 0.410 e. The molecule has 31 heavy (non-hydrogen) atoms. The number of fused-ring (bicyclic) bond motifs is 2. The van der Waals surface area contributed by atoms with E-state index >= 15 is 0 Å². The van der Waals surface area contributed by atoms with Crippen LogP contribution in [0.1, 0.15) is 50.3 Å². The number of carbonyl (C=O) groups is 2. The molecule has 0 N–H and O–H groups in total. The summed E-state index contributed by atoms with van der Waals surface area (Å²) in [5.74, 6) is 0.0943. The highest BCUT2D eigenvalue weighted by Crippen LogP contribution is 2.50. The summed E-state index contributed by atoms with van der Waals surface area (Å²) in [7, 11) is 0. The lowest BCUT2D eigenvalue weighted by atomic mass is 9.73. The molecule has 2 amide bonds. The Morgan fingerprint density at radius 2 is 1.77 bits per heavy atom. The molecule has 2 heterocycles. The molecule has 2 aliphatic rings. The molecule has 0 bridgehead atoms. The van der Waals surface area contributed by atoms with Gasteiger partial charge in [-0.05, 0) is 69.4 Å². The van der Waals surface area contributed by atoms with Crippen molar-refractivity contribution in [3.63, 3.8) is 0 Å². The maximum absolute atomic E-state index is 13.8. The Bertz CT molecular complexity index is 1010. The molecule has 1 saturated heterocycles. The fraction of sp³-hybridized carbons (Fsp3) is 0.440. The van der Waals surface area contributed by atoms with Crippen LogP contribution in [0.5, 0.6) is 0 Å². The molecule has 0 saturated carbocycles. The first-order chi connectivity index (χ1) is 14.6. The van der Waals surface area contributed by atoms with Crippen molar-refractivity contribution >= 4 is 29.3 Å². The van der Waals surface area contributed by atoms with E-state index in [0.29, 0.717) is 37.5 Å². The highest BCUT2D eigenvalue weighted by Gasteiger charge is 2.52. The number of hydrogen-bond acceptors (Lipinski definition) is 3. The molecule has 6 heteroatoms. The largest absolute Gasteiger partial charge is 0.444 e. The summed E-state index contributed by atoms with van der Waals surface area (Å²) in [4.78, 5) is 29.9. The van der Waals surface area contributed by atoms with Gasteiger partial charge >= 0.3 is 6.09 Å². The quantitative estimate of drug-likeness (QED) is 0.622. The second-order valence-electron chi connectivity index (χ2n) is 9.54. The van der Waals surface area contributed by atoms with Gasteiger partial charge in [0.15, 0.2) is 0 Å². The molecule has 1 spiro atoms. The molecule has 2 aromatic rings. The number of amides is 2. The van der Waals surface area contributed by atoms with E-state index in [0.717, 1.165) is 22.4 Å². The Morgan fingerprint density at radius 1 is 1.13 bits per heavy atom. The van der Waals surface area contributed by atoms with Gasteiger partial charge in [0, 0.05) is 23.8 Å². The Labute approximate surface area is 188 Å². The predicted molar refractivity (Wildman–Crippen MR) is 123 cm³/mol. The number of nitrogens with zero attached hydrogens (tertiary/aromatic N) is 2. The summed E-state index contributed by atoms with van der Waals surface area (Å²) < 4.78 is 5.53. The zero-order valence-electron chi connectivity index (χ0n) is 18.6. The topological polar surface area (TPSA) is 49.9 Å². The van der Waals surface area contributed by atoms with Crippen molar-refractivity contribution in [2.24, 2.45) is 0 Å². The van der Waals surface area contributed by atoms with Crippen molar-refractivity contribution in [3.05, 3.63) is 64.2 Å². The van der Waals surface area contributed by atoms with E-state index in [2.05, 4.69) is 0 Å². The highest BCUT2D eigenvalue weighted by molar-refractivity contribution is 6.31. The van der Waals surface area contributed by atoms with Crippen molar-refractivity contribution in [2.75, 3.05) is 18.0 Å². The van der Waals surface area contributed by atoms with Crippen molar-refractivity contribution < 1.29 is 14.3 Å². The molecular formula is C25H29ClN2O3. The van der Waals surface area contributed by atoms with Crippen molar-refractivity contribution in [2.45, 2.75) is 58.1 Å². The summed E-state index contributed by atoms with van der Waals surface area (Å²) in [6.07, 6.45) is 0.794. The third kappa shape index (κ3) is 4.03. The van der Waals surface area contributed by atoms with Gasteiger partial charge in [-0.25, -0.2) is 4.79 Å². The van der Waals surface area contributed by atoms with E-state index in [1.54, 1.807) is 4.90 Å². The number of halogens is 1. The Kier molecular flexibility index (Phi) is 5.50. The van der Waals surface area contributed by atoms with E-state index in [1.807, 2.05) is 75.1 Å². The lowest BCUT2D eigenvalue weighted by molar-refractivity contribution is -0.125. The average Bonchev–Trinajstić information content (AvgIpc) is 2.91. The van der Waals surface area contributed by atoms with Gasteiger partial charge in [0.05, 0.1) is 12.0 Å². The minimum absolute atomic E-state index is 0.0943. The molecule has 2 aromatic carbocycles. The van der Waals surface area contributed by atoms with Gasteiger partial charge in [0.1, 0.15) is 5.60 Å². The van der Waals surface area contributed by atoms with Gasteiger partial charge in [-0.2, -0.15) is 0 Å². The monoisotopic (exact) mass is 440 g/mol. The van der Waals surface area contributed by atoms with Gasteiger partial charge in [-0.15, -0.1) is 0 Å². The predicted octanol–water partition coefficient (Wildman–Crippen LogP) is 5.46. The smallest absolute Gasteiger partial charge is 0.410 e. The number of benzene rings is 2. The minimum atomic E-state index is -0.653. The average molecular weight is 441 g/mol. The van der Waals surface area contributed by atoms with E-state index in [9.17, 15) is 9.59 Å². The molecular weight excluding hydrogens is 412 g/mol. The van der Waals surface area contributed by atoms with Crippen LogP contribution in [-0.4, -0.2) is 35.6 Å². The lowest BCUT2D eigenvalue weighted by Crippen LogP contribution is -2.50. The molecule has 0 aromatic heterocycles. The molecule has 4 rings (SSSR count). The Balaban J connectivity index is 1.64. The van der Waals surface area contributed by atoms with Crippen LogP contribution in [0.3, 0.4) is 0 Å². The summed E-state index contributed by atoms with van der Waals surface area (Å²) in [6.45, 7) is 9.02. The van der Waals surface area contributed by atoms with Crippen molar-refractivity contribution in [1.82, 2.24) is 4.90 Å². The third-order valence-corrected chi connectivity index (χ3v) is 6.60. The number of piperidine rings is 1. The van der Waals surface area contributed by atoms with Gasteiger partial charge in [0.25, 0.3) is 0 Å². The van der Waals surface area contributed by atoms with E-state index in [-0.39, 0.29) is 12.0 Å². The summed E-state index contributed by atoms with van der Waals surface area (Å²) in [5, 5.41) is 0.669. The number of likely N-dealkylation sites (tertiary alicyclic amines) is 1. The lowest BCUT2D eigenvalue weighted by Gasteiger charge is -2.39. The fourth-order valence-corrected chi connectivity index (χ4v) is 4.72. The van der Waals surface area contributed by atoms with Gasteiger partial charge in [-0.1, -0.05) is 41.9 Å². The number of rotatable bonds is 2. The molecule has 5 nitrogen and oxygen atoms in total. The minimum Gasteiger partial charge on any atom is -0.444 e. The van der Waals surface area contributed by atoms with Crippen LogP contribution in [0.2, 0.25) is 5.02 Å². The summed E-state index contributed by atoms with van der Waals surface area (Å²) >= 11 is 6.49. The van der Waals surface area contributed by atoms with Crippen LogP contribution >= 0.6 is 11.6 Å². The molecule has 1 fully saturated rings. The summed E-state index contributed by atoms with van der Waals surface area (Å²) in [6, 6.07) is 14.0. The SMILES string of the molecule is Cc1cc2c(cc1Cl)C1(CCN(C(=O)OC(C)(C)C)CC1)C(=O)N2Cc1ccccc1. The Hall–Kier alpha value is -2.53. The van der Waals surface area contributed by atoms with Crippen LogP contribution in [0.4, 0.5) is 10.5 Å². The third-order valence-electron chi connectivity index (χ3n) is 6.19. The molecule has 0 radical (unpaired) electrons. The highest BCUT2D eigenvalue weighted by atomic mass is 35.5. The van der Waals surface area contributed by atoms with Crippen LogP contribution in [0.15, 0.2) is 42.5 Å². The number of anilines is 1. The van der Waals surface area contributed by atoms with E-state index in [1.165, 1.54) is 0 Å². The van der Waals surface area contributed by atoms with E-state index < -0.39 is 11.0 Å². The number of ether oxygens (including phenoxy) is 1. The van der Waals surface area contributed by atoms with Crippen LogP contribution in [0, 0.1) is 6.92 Å². The molecule has 2 aliphatic heterocycles. The zero-order chi connectivity index (χ0) is 22.4. The van der Waals surface area contributed by atoms with Gasteiger partial charge in [-0.3, -0.25) is 4.79 Å². The van der Waals surface area contributed by atoms with Crippen molar-refractivity contribution in [3.8, 4) is 0 Å². The number of aryl methyl sites for hydroxylation is 1. The first-order valence-electron chi connectivity index (χ1n) is 10.8. The zero-order valence-corrected chi connectivity index (χ0v) is 19.3. The van der Waals surface area contributed by atoms with Gasteiger partial charge in [0.2, 0.25) is 5.91 Å². The fourth-order valence-electron chi connectivity index (χ4n) is 4.56. The maximum atomic E-state index is 13.8. The number of hydrogen-bond donors (Lipinski definition) is 0. The second-order valence-corrected chi connectivity index (χ2v) is 9.95.